The molecule has 184 valence electrons. The molecular weight excluding hydrogens is 438 g/mol. The lowest BCUT2D eigenvalue weighted by Crippen LogP contribution is -2.39. The van der Waals surface area contributed by atoms with Crippen LogP contribution >= 0.6 is 0 Å². The molecule has 1 heterocycles. The van der Waals surface area contributed by atoms with Crippen LogP contribution in [0.4, 0.5) is 0 Å². The highest BCUT2D eigenvalue weighted by molar-refractivity contribution is 6.04. The highest BCUT2D eigenvalue weighted by Gasteiger charge is 2.44. The van der Waals surface area contributed by atoms with E-state index < -0.39 is 11.9 Å². The number of carbonyl (C=O) groups excluding carboxylic acids is 2. The Morgan fingerprint density at radius 1 is 1.06 bits per heavy atom. The van der Waals surface area contributed by atoms with Crippen molar-refractivity contribution in [3.63, 3.8) is 0 Å². The van der Waals surface area contributed by atoms with E-state index in [9.17, 15) is 9.59 Å². The Bertz CT molecular complexity index is 1170. The number of allylic oxidation sites excluding steroid dienone is 3. The van der Waals surface area contributed by atoms with Crippen LogP contribution in [0.5, 0.6) is 5.75 Å². The van der Waals surface area contributed by atoms with Crippen LogP contribution in [-0.2, 0) is 20.7 Å². The molecule has 2 aliphatic rings. The van der Waals surface area contributed by atoms with E-state index in [1.807, 2.05) is 75.4 Å². The van der Waals surface area contributed by atoms with E-state index in [-0.39, 0.29) is 23.9 Å². The molecule has 1 aliphatic carbocycles. The van der Waals surface area contributed by atoms with Gasteiger partial charge in [-0.05, 0) is 44.2 Å². The second-order valence-electron chi connectivity index (χ2n) is 10.5. The van der Waals surface area contributed by atoms with Crippen molar-refractivity contribution in [1.82, 2.24) is 5.32 Å². The van der Waals surface area contributed by atoms with E-state index in [2.05, 4.69) is 19.2 Å². The molecule has 0 amide bonds. The molecule has 0 radical (unpaired) electrons. The molecule has 2 aromatic carbocycles. The third kappa shape index (κ3) is 5.50. The fourth-order valence-electron chi connectivity index (χ4n) is 5.08. The Morgan fingerprint density at radius 3 is 2.46 bits per heavy atom. The van der Waals surface area contributed by atoms with E-state index in [0.29, 0.717) is 29.7 Å². The van der Waals surface area contributed by atoms with Crippen molar-refractivity contribution >= 4 is 11.8 Å². The van der Waals surface area contributed by atoms with E-state index in [0.717, 1.165) is 28.9 Å². The summed E-state index contributed by atoms with van der Waals surface area (Å²) in [5, 5.41) is 3.40. The summed E-state index contributed by atoms with van der Waals surface area (Å²) in [5.74, 6) is -0.190. The van der Waals surface area contributed by atoms with Crippen molar-refractivity contribution in [1.29, 1.82) is 0 Å². The lowest BCUT2D eigenvalue weighted by atomic mass is 9.68. The van der Waals surface area contributed by atoms with Crippen LogP contribution < -0.4 is 10.1 Å². The lowest BCUT2D eigenvalue weighted by molar-refractivity contribution is -0.139. The maximum Gasteiger partial charge on any atom is 0.336 e. The number of para-hydroxylation sites is 1. The zero-order valence-electron chi connectivity index (χ0n) is 21.3. The number of ether oxygens (including phenoxy) is 2. The maximum atomic E-state index is 13.5. The summed E-state index contributed by atoms with van der Waals surface area (Å²) >= 11 is 0. The summed E-state index contributed by atoms with van der Waals surface area (Å²) in [4.78, 5) is 27.1. The van der Waals surface area contributed by atoms with Crippen molar-refractivity contribution in [3.8, 4) is 5.75 Å². The van der Waals surface area contributed by atoms with Gasteiger partial charge in [0.25, 0.3) is 0 Å². The Kier molecular flexibility index (Phi) is 7.15. The molecule has 0 saturated carbocycles. The first-order valence-electron chi connectivity index (χ1n) is 12.4. The number of nitrogens with one attached hydrogen (secondary N) is 1. The van der Waals surface area contributed by atoms with Gasteiger partial charge in [-0.15, -0.1) is 0 Å². The molecule has 5 nitrogen and oxygen atoms in total. The van der Waals surface area contributed by atoms with Crippen LogP contribution in [0.2, 0.25) is 0 Å². The zero-order valence-corrected chi connectivity index (χ0v) is 21.3. The normalized spacial score (nSPS) is 19.4. The van der Waals surface area contributed by atoms with Crippen LogP contribution in [0.25, 0.3) is 0 Å². The quantitative estimate of drug-likeness (QED) is 0.510. The Balaban J connectivity index is 1.72. The van der Waals surface area contributed by atoms with E-state index in [4.69, 9.17) is 9.47 Å². The van der Waals surface area contributed by atoms with E-state index in [1.54, 1.807) is 0 Å². The second-order valence-corrected chi connectivity index (χ2v) is 10.5. The molecule has 2 aromatic rings. The average molecular weight is 474 g/mol. The van der Waals surface area contributed by atoms with Gasteiger partial charge in [0, 0.05) is 35.4 Å². The Hall–Kier alpha value is -3.34. The first kappa shape index (κ1) is 24.8. The third-order valence-corrected chi connectivity index (χ3v) is 6.52. The van der Waals surface area contributed by atoms with Crippen molar-refractivity contribution in [2.45, 2.75) is 65.9 Å². The SMILES string of the molecule is CC1=C(C(=O)OCCc2ccccc2)[C@H](c2ccccc2OC(C)C)C2=C(CC(C)(C)CC2=O)N1. The summed E-state index contributed by atoms with van der Waals surface area (Å²) in [7, 11) is 0. The molecule has 35 heavy (non-hydrogen) atoms. The molecule has 0 fully saturated rings. The van der Waals surface area contributed by atoms with Gasteiger partial charge in [-0.1, -0.05) is 62.4 Å². The van der Waals surface area contributed by atoms with Gasteiger partial charge in [-0.25, -0.2) is 4.79 Å². The minimum Gasteiger partial charge on any atom is -0.491 e. The highest BCUT2D eigenvalue weighted by atomic mass is 16.5. The predicted molar refractivity (Wildman–Crippen MR) is 137 cm³/mol. The van der Waals surface area contributed by atoms with Gasteiger partial charge in [0.15, 0.2) is 5.78 Å². The number of benzene rings is 2. The standard InChI is InChI=1S/C30H35NO4/c1-19(2)35-25-14-10-9-13-22(25)27-26(29(33)34-16-15-21-11-7-6-8-12-21)20(3)31-23-17-30(4,5)18-24(32)28(23)27/h6-14,19,27,31H,15-18H2,1-5H3/t27-/m0/s1. The van der Waals surface area contributed by atoms with Crippen LogP contribution in [0.3, 0.4) is 0 Å². The number of carbonyl (C=O) groups is 2. The molecular formula is C30H35NO4. The van der Waals surface area contributed by atoms with Crippen LogP contribution in [0.1, 0.15) is 64.5 Å². The number of rotatable bonds is 7. The minimum absolute atomic E-state index is 0.0429. The molecule has 1 atom stereocenters. The Labute approximate surface area is 208 Å². The number of hydrogen-bond donors (Lipinski definition) is 1. The summed E-state index contributed by atoms with van der Waals surface area (Å²) < 4.78 is 11.9. The first-order valence-corrected chi connectivity index (χ1v) is 12.4. The monoisotopic (exact) mass is 473 g/mol. The molecule has 0 unspecified atom stereocenters. The lowest BCUT2D eigenvalue weighted by Gasteiger charge is -2.39. The van der Waals surface area contributed by atoms with Gasteiger partial charge in [0.2, 0.25) is 0 Å². The maximum absolute atomic E-state index is 13.5. The second kappa shape index (κ2) is 10.1. The summed E-state index contributed by atoms with van der Waals surface area (Å²) in [6.45, 7) is 10.3. The van der Waals surface area contributed by atoms with Crippen LogP contribution in [0.15, 0.2) is 77.1 Å². The molecule has 0 aromatic heterocycles. The topological polar surface area (TPSA) is 64.6 Å². The predicted octanol–water partition coefficient (Wildman–Crippen LogP) is 5.86. The molecule has 1 aliphatic heterocycles. The van der Waals surface area contributed by atoms with Gasteiger partial charge < -0.3 is 14.8 Å². The summed E-state index contributed by atoms with van der Waals surface area (Å²) in [6, 6.07) is 17.6. The van der Waals surface area contributed by atoms with Gasteiger partial charge >= 0.3 is 5.97 Å². The minimum atomic E-state index is -0.533. The van der Waals surface area contributed by atoms with Gasteiger partial charge in [-0.2, -0.15) is 0 Å². The molecule has 0 saturated heterocycles. The van der Waals surface area contributed by atoms with Crippen molar-refractivity contribution in [2.75, 3.05) is 6.61 Å². The van der Waals surface area contributed by atoms with Crippen molar-refractivity contribution in [3.05, 3.63) is 88.3 Å². The average Bonchev–Trinajstić information content (AvgIpc) is 2.78. The first-order chi connectivity index (χ1) is 16.7. The number of Topliss-reactive ketones (excluding diaryl/α,β-unsaturated/α-hetero) is 1. The number of hydrogen-bond acceptors (Lipinski definition) is 5. The van der Waals surface area contributed by atoms with E-state index in [1.165, 1.54) is 0 Å². The molecule has 0 spiro atoms. The molecule has 5 heteroatoms. The van der Waals surface area contributed by atoms with Gasteiger partial charge in [0.1, 0.15) is 5.75 Å². The summed E-state index contributed by atoms with van der Waals surface area (Å²) in [5.41, 5.74) is 4.54. The zero-order chi connectivity index (χ0) is 25.2. The third-order valence-electron chi connectivity index (χ3n) is 6.52. The van der Waals surface area contributed by atoms with Crippen LogP contribution in [0, 0.1) is 5.41 Å². The van der Waals surface area contributed by atoms with Crippen LogP contribution in [-0.4, -0.2) is 24.5 Å². The fourth-order valence-corrected chi connectivity index (χ4v) is 5.08. The number of esters is 1. The van der Waals surface area contributed by atoms with Crippen molar-refractivity contribution < 1.29 is 19.1 Å². The number of ketones is 1. The summed E-state index contributed by atoms with van der Waals surface area (Å²) in [6.07, 6.45) is 1.77. The van der Waals surface area contributed by atoms with Gasteiger partial charge in [0.05, 0.1) is 24.2 Å². The Morgan fingerprint density at radius 2 is 1.74 bits per heavy atom. The number of dihydropyridines is 1. The molecule has 0 bridgehead atoms. The molecule has 4 rings (SSSR count). The van der Waals surface area contributed by atoms with E-state index >= 15 is 0 Å². The molecule has 1 N–H and O–H groups in total. The van der Waals surface area contributed by atoms with Crippen molar-refractivity contribution in [2.24, 2.45) is 5.41 Å². The smallest absolute Gasteiger partial charge is 0.336 e. The largest absolute Gasteiger partial charge is 0.491 e. The fraction of sp³-hybridized carbons (Fsp3) is 0.400. The highest BCUT2D eigenvalue weighted by Crippen LogP contribution is 2.48. The van der Waals surface area contributed by atoms with Gasteiger partial charge in [-0.3, -0.25) is 4.79 Å².